The lowest BCUT2D eigenvalue weighted by Crippen LogP contribution is -2.30. The van der Waals surface area contributed by atoms with Crippen molar-refractivity contribution in [3.63, 3.8) is 0 Å². The van der Waals surface area contributed by atoms with Crippen LogP contribution in [0.4, 0.5) is 0 Å². The van der Waals surface area contributed by atoms with Crippen molar-refractivity contribution in [3.8, 4) is 0 Å². The van der Waals surface area contributed by atoms with Gasteiger partial charge in [-0.25, -0.2) is 0 Å². The first-order chi connectivity index (χ1) is 35.5. The zero-order valence-corrected chi connectivity index (χ0v) is 48.5. The summed E-state index contributed by atoms with van der Waals surface area (Å²) in [5.41, 5.74) is 0. The Kier molecular flexibility index (Phi) is 59.2. The molecule has 0 amide bonds. The standard InChI is InChI=1S/C66H122O6/c1-4-7-10-13-16-19-22-24-26-28-30-31-32-33-34-35-36-38-39-41-44-47-50-53-56-59-65(68)71-62-63(61-70-64(67)58-55-52-49-46-43-21-18-15-12-9-6-3)72-66(69)60-57-54-51-48-45-42-40-37-29-27-25-23-20-17-14-11-8-5-2/h15,18,27-30,63H,4-14,16-17,19-26,31-62H2,1-3H3/b18-15-,29-27-,30-28-. The summed E-state index contributed by atoms with van der Waals surface area (Å²) in [6.45, 7) is 6.64. The highest BCUT2D eigenvalue weighted by Crippen LogP contribution is 2.17. The number of unbranched alkanes of at least 4 members (excludes halogenated alkanes) is 42. The monoisotopic (exact) mass is 1010 g/mol. The molecule has 1 atom stereocenters. The van der Waals surface area contributed by atoms with E-state index < -0.39 is 6.10 Å². The van der Waals surface area contributed by atoms with Crippen molar-refractivity contribution in [1.82, 2.24) is 0 Å². The molecule has 0 aliphatic rings. The lowest BCUT2D eigenvalue weighted by Gasteiger charge is -2.18. The minimum atomic E-state index is -0.776. The number of hydrogen-bond donors (Lipinski definition) is 0. The average Bonchev–Trinajstić information content (AvgIpc) is 3.38. The molecule has 72 heavy (non-hydrogen) atoms. The van der Waals surface area contributed by atoms with Crippen molar-refractivity contribution < 1.29 is 28.6 Å². The molecule has 0 aromatic rings. The molecule has 0 saturated carbocycles. The van der Waals surface area contributed by atoms with Crippen molar-refractivity contribution in [2.75, 3.05) is 13.2 Å². The Labute approximate surface area is 448 Å². The van der Waals surface area contributed by atoms with Crippen LogP contribution >= 0.6 is 0 Å². The second-order valence-corrected chi connectivity index (χ2v) is 21.7. The van der Waals surface area contributed by atoms with E-state index in [1.54, 1.807) is 0 Å². The molecule has 6 nitrogen and oxygen atoms in total. The van der Waals surface area contributed by atoms with Gasteiger partial charge in [0.15, 0.2) is 6.10 Å². The first-order valence-corrected chi connectivity index (χ1v) is 32.0. The van der Waals surface area contributed by atoms with Crippen molar-refractivity contribution in [1.29, 1.82) is 0 Å². The van der Waals surface area contributed by atoms with E-state index in [-0.39, 0.29) is 31.1 Å². The first-order valence-electron chi connectivity index (χ1n) is 32.0. The zero-order chi connectivity index (χ0) is 52.2. The largest absolute Gasteiger partial charge is 0.462 e. The topological polar surface area (TPSA) is 78.9 Å². The maximum absolute atomic E-state index is 12.9. The molecule has 422 valence electrons. The Morgan fingerprint density at radius 2 is 0.472 bits per heavy atom. The first kappa shape index (κ1) is 69.6. The number of rotatable bonds is 59. The predicted octanol–water partition coefficient (Wildman–Crippen LogP) is 21.6. The van der Waals surface area contributed by atoms with Crippen LogP contribution in [0.2, 0.25) is 0 Å². The van der Waals surface area contributed by atoms with Gasteiger partial charge >= 0.3 is 17.9 Å². The molecule has 0 heterocycles. The fourth-order valence-corrected chi connectivity index (χ4v) is 9.47. The second kappa shape index (κ2) is 61.2. The molecule has 0 saturated heterocycles. The van der Waals surface area contributed by atoms with E-state index in [4.69, 9.17) is 14.2 Å². The highest BCUT2D eigenvalue weighted by molar-refractivity contribution is 5.71. The van der Waals surface area contributed by atoms with Crippen molar-refractivity contribution in [2.45, 2.75) is 354 Å². The predicted molar refractivity (Wildman–Crippen MR) is 312 cm³/mol. The van der Waals surface area contributed by atoms with E-state index in [1.165, 1.54) is 244 Å². The van der Waals surface area contributed by atoms with Crippen LogP contribution in [0.25, 0.3) is 0 Å². The molecule has 0 spiro atoms. The summed E-state index contributed by atoms with van der Waals surface area (Å²) in [5, 5.41) is 0. The average molecular weight is 1010 g/mol. The van der Waals surface area contributed by atoms with Gasteiger partial charge in [-0.15, -0.1) is 0 Å². The normalized spacial score (nSPS) is 12.2. The summed E-state index contributed by atoms with van der Waals surface area (Å²) in [7, 11) is 0. The van der Waals surface area contributed by atoms with E-state index in [2.05, 4.69) is 57.2 Å². The van der Waals surface area contributed by atoms with Gasteiger partial charge in [-0.3, -0.25) is 14.4 Å². The zero-order valence-electron chi connectivity index (χ0n) is 48.5. The second-order valence-electron chi connectivity index (χ2n) is 21.7. The highest BCUT2D eigenvalue weighted by Gasteiger charge is 2.19. The summed E-state index contributed by atoms with van der Waals surface area (Å²) < 4.78 is 16.9. The van der Waals surface area contributed by atoms with Crippen molar-refractivity contribution in [3.05, 3.63) is 36.5 Å². The van der Waals surface area contributed by atoms with Crippen LogP contribution < -0.4 is 0 Å². The lowest BCUT2D eigenvalue weighted by molar-refractivity contribution is -0.167. The molecule has 0 aromatic carbocycles. The molecule has 1 unspecified atom stereocenters. The third-order valence-electron chi connectivity index (χ3n) is 14.3. The summed E-state index contributed by atoms with van der Waals surface area (Å²) >= 11 is 0. The Bertz CT molecular complexity index is 1210. The van der Waals surface area contributed by atoms with Crippen LogP contribution in [-0.4, -0.2) is 37.2 Å². The number of carbonyl (C=O) groups is 3. The van der Waals surface area contributed by atoms with Crippen molar-refractivity contribution >= 4 is 17.9 Å². The molecular weight excluding hydrogens is 889 g/mol. The van der Waals surface area contributed by atoms with Crippen LogP contribution in [0.15, 0.2) is 36.5 Å². The number of esters is 3. The van der Waals surface area contributed by atoms with E-state index >= 15 is 0 Å². The van der Waals surface area contributed by atoms with Gasteiger partial charge in [0.25, 0.3) is 0 Å². The minimum absolute atomic E-state index is 0.0736. The van der Waals surface area contributed by atoms with E-state index in [1.807, 2.05) is 0 Å². The maximum atomic E-state index is 12.9. The third-order valence-corrected chi connectivity index (χ3v) is 14.3. The SMILES string of the molecule is CCCC/C=C\CCCCCCCC(=O)OCC(COC(=O)CCCCCCCCCCCCCCC/C=C\CCCCCCCCCC)OC(=O)CCCCCCCCC/C=C\CCCCCCCCC. The fourth-order valence-electron chi connectivity index (χ4n) is 9.47. The number of carbonyl (C=O) groups excluding carboxylic acids is 3. The van der Waals surface area contributed by atoms with Crippen molar-refractivity contribution in [2.24, 2.45) is 0 Å². The molecule has 0 bridgehead atoms. The minimum Gasteiger partial charge on any atom is -0.462 e. The molecular formula is C66H122O6. The van der Waals surface area contributed by atoms with Gasteiger partial charge in [-0.2, -0.15) is 0 Å². The molecule has 0 aliphatic carbocycles. The Morgan fingerprint density at radius 3 is 0.736 bits per heavy atom. The molecule has 0 radical (unpaired) electrons. The van der Waals surface area contributed by atoms with Crippen LogP contribution in [0.1, 0.15) is 348 Å². The van der Waals surface area contributed by atoms with Crippen LogP contribution in [0.5, 0.6) is 0 Å². The summed E-state index contributed by atoms with van der Waals surface area (Å²) in [5.74, 6) is -0.869. The summed E-state index contributed by atoms with van der Waals surface area (Å²) in [6.07, 6.45) is 74.5. The molecule has 0 aromatic heterocycles. The summed E-state index contributed by atoms with van der Waals surface area (Å²) in [6, 6.07) is 0. The number of ether oxygens (including phenoxy) is 3. The summed E-state index contributed by atoms with van der Waals surface area (Å²) in [4.78, 5) is 38.2. The Morgan fingerprint density at radius 1 is 0.264 bits per heavy atom. The van der Waals surface area contributed by atoms with Gasteiger partial charge in [0, 0.05) is 19.3 Å². The molecule has 0 aliphatic heterocycles. The highest BCUT2D eigenvalue weighted by atomic mass is 16.6. The lowest BCUT2D eigenvalue weighted by atomic mass is 10.0. The van der Waals surface area contributed by atoms with Gasteiger partial charge in [0.2, 0.25) is 0 Å². The Balaban J connectivity index is 4.22. The van der Waals surface area contributed by atoms with E-state index in [0.717, 1.165) is 64.2 Å². The molecule has 0 fully saturated rings. The van der Waals surface area contributed by atoms with Gasteiger partial charge in [0.05, 0.1) is 0 Å². The number of allylic oxidation sites excluding steroid dienone is 6. The van der Waals surface area contributed by atoms with E-state index in [9.17, 15) is 14.4 Å². The van der Waals surface area contributed by atoms with Crippen LogP contribution in [-0.2, 0) is 28.6 Å². The van der Waals surface area contributed by atoms with Gasteiger partial charge < -0.3 is 14.2 Å². The quantitative estimate of drug-likeness (QED) is 0.0261. The molecule has 6 heteroatoms. The fraction of sp³-hybridized carbons (Fsp3) is 0.864. The van der Waals surface area contributed by atoms with Gasteiger partial charge in [0.1, 0.15) is 13.2 Å². The van der Waals surface area contributed by atoms with Gasteiger partial charge in [-0.05, 0) is 89.9 Å². The van der Waals surface area contributed by atoms with Gasteiger partial charge in [-0.1, -0.05) is 276 Å². The smallest absolute Gasteiger partial charge is 0.306 e. The number of hydrogen-bond acceptors (Lipinski definition) is 6. The maximum Gasteiger partial charge on any atom is 0.306 e. The third kappa shape index (κ3) is 58.5. The van der Waals surface area contributed by atoms with Crippen LogP contribution in [0.3, 0.4) is 0 Å². The van der Waals surface area contributed by atoms with Crippen LogP contribution in [0, 0.1) is 0 Å². The van der Waals surface area contributed by atoms with E-state index in [0.29, 0.717) is 19.3 Å². The Hall–Kier alpha value is -2.37. The molecule has 0 N–H and O–H groups in total. The molecule has 0 rings (SSSR count).